The number of hydrogen-bond donors (Lipinski definition) is 0. The number of aromatic nitrogens is 1. The van der Waals surface area contributed by atoms with Gasteiger partial charge in [0, 0.05) is 32.1 Å². The SMILES string of the molecule is Cc1cc(CC(=O)N2CCC(=O)N(Cc3ccc(F)cc3)C(C(C)C)C2)on1. The van der Waals surface area contributed by atoms with Crippen molar-refractivity contribution in [3.63, 3.8) is 0 Å². The Morgan fingerprint density at radius 2 is 2.04 bits per heavy atom. The van der Waals surface area contributed by atoms with Crippen LogP contribution in [0.3, 0.4) is 0 Å². The second kappa shape index (κ2) is 8.54. The van der Waals surface area contributed by atoms with Gasteiger partial charge in [0.25, 0.3) is 0 Å². The van der Waals surface area contributed by atoms with E-state index in [4.69, 9.17) is 4.52 Å². The van der Waals surface area contributed by atoms with Gasteiger partial charge in [0.15, 0.2) is 0 Å². The van der Waals surface area contributed by atoms with Gasteiger partial charge < -0.3 is 14.3 Å². The van der Waals surface area contributed by atoms with E-state index in [-0.39, 0.29) is 42.4 Å². The number of carbonyl (C=O) groups is 2. The van der Waals surface area contributed by atoms with Gasteiger partial charge in [-0.15, -0.1) is 0 Å². The normalized spacial score (nSPS) is 17.9. The summed E-state index contributed by atoms with van der Waals surface area (Å²) in [6, 6.07) is 7.83. The van der Waals surface area contributed by atoms with Crippen LogP contribution < -0.4 is 0 Å². The number of hydrogen-bond acceptors (Lipinski definition) is 4. The van der Waals surface area contributed by atoms with Crippen LogP contribution in [0.1, 0.15) is 37.3 Å². The maximum atomic E-state index is 13.2. The van der Waals surface area contributed by atoms with Crippen LogP contribution in [-0.2, 0) is 22.6 Å². The molecule has 7 heteroatoms. The lowest BCUT2D eigenvalue weighted by molar-refractivity contribution is -0.134. The van der Waals surface area contributed by atoms with E-state index in [1.165, 1.54) is 12.1 Å². The Morgan fingerprint density at radius 3 is 2.64 bits per heavy atom. The molecule has 3 rings (SSSR count). The van der Waals surface area contributed by atoms with Crippen molar-refractivity contribution in [3.8, 4) is 0 Å². The van der Waals surface area contributed by atoms with E-state index in [2.05, 4.69) is 5.16 Å². The molecule has 2 amide bonds. The lowest BCUT2D eigenvalue weighted by atomic mass is 10.0. The molecule has 0 spiro atoms. The summed E-state index contributed by atoms with van der Waals surface area (Å²) < 4.78 is 18.4. The Hall–Kier alpha value is -2.70. The largest absolute Gasteiger partial charge is 0.361 e. The lowest BCUT2D eigenvalue weighted by Gasteiger charge is -2.34. The molecule has 1 unspecified atom stereocenters. The molecule has 6 nitrogen and oxygen atoms in total. The number of carbonyl (C=O) groups excluding carboxylic acids is 2. The molecule has 28 heavy (non-hydrogen) atoms. The average Bonchev–Trinajstić information content (AvgIpc) is 2.97. The zero-order valence-corrected chi connectivity index (χ0v) is 16.5. The summed E-state index contributed by atoms with van der Waals surface area (Å²) in [5.74, 6) is 0.338. The van der Waals surface area contributed by atoms with Crippen LogP contribution in [0.25, 0.3) is 0 Å². The van der Waals surface area contributed by atoms with Gasteiger partial charge in [0.05, 0.1) is 18.2 Å². The van der Waals surface area contributed by atoms with E-state index in [1.54, 1.807) is 23.1 Å². The van der Waals surface area contributed by atoms with E-state index in [0.717, 1.165) is 11.3 Å². The van der Waals surface area contributed by atoms with Gasteiger partial charge in [-0.1, -0.05) is 31.1 Å². The molecule has 2 aromatic rings. The molecule has 1 aromatic carbocycles. The van der Waals surface area contributed by atoms with Gasteiger partial charge >= 0.3 is 0 Å². The molecule has 1 fully saturated rings. The fourth-order valence-corrected chi connectivity index (χ4v) is 3.52. The zero-order chi connectivity index (χ0) is 20.3. The van der Waals surface area contributed by atoms with Crippen LogP contribution in [-0.4, -0.2) is 45.9 Å². The zero-order valence-electron chi connectivity index (χ0n) is 16.5. The van der Waals surface area contributed by atoms with Crippen molar-refractivity contribution in [2.24, 2.45) is 5.92 Å². The molecule has 1 aliphatic heterocycles. The molecule has 2 heterocycles. The summed E-state index contributed by atoms with van der Waals surface area (Å²) in [6.45, 7) is 7.16. The van der Waals surface area contributed by atoms with Crippen molar-refractivity contribution in [2.45, 2.75) is 46.2 Å². The quantitative estimate of drug-likeness (QED) is 0.791. The van der Waals surface area contributed by atoms with E-state index in [1.807, 2.05) is 25.7 Å². The van der Waals surface area contributed by atoms with Crippen molar-refractivity contribution < 1.29 is 18.5 Å². The summed E-state index contributed by atoms with van der Waals surface area (Å²) in [5, 5.41) is 3.82. The summed E-state index contributed by atoms with van der Waals surface area (Å²) in [6.07, 6.45) is 0.406. The maximum absolute atomic E-state index is 13.2. The molecule has 1 aromatic heterocycles. The first-order valence-electron chi connectivity index (χ1n) is 9.57. The van der Waals surface area contributed by atoms with Gasteiger partial charge in [0.1, 0.15) is 11.6 Å². The minimum Gasteiger partial charge on any atom is -0.361 e. The molecule has 0 bridgehead atoms. The highest BCUT2D eigenvalue weighted by molar-refractivity contribution is 5.81. The van der Waals surface area contributed by atoms with E-state index in [0.29, 0.717) is 25.4 Å². The highest BCUT2D eigenvalue weighted by Gasteiger charge is 2.33. The molecule has 0 saturated carbocycles. The van der Waals surface area contributed by atoms with Crippen molar-refractivity contribution >= 4 is 11.8 Å². The average molecular weight is 387 g/mol. The van der Waals surface area contributed by atoms with Crippen LogP contribution in [0.2, 0.25) is 0 Å². The van der Waals surface area contributed by atoms with Gasteiger partial charge in [-0.3, -0.25) is 9.59 Å². The molecule has 1 aliphatic rings. The minimum absolute atomic E-state index is 0.00818. The van der Waals surface area contributed by atoms with E-state index >= 15 is 0 Å². The fourth-order valence-electron chi connectivity index (χ4n) is 3.52. The Kier molecular flexibility index (Phi) is 6.11. The van der Waals surface area contributed by atoms with Crippen LogP contribution in [0, 0.1) is 18.7 Å². The van der Waals surface area contributed by atoms with Crippen molar-refractivity contribution in [1.82, 2.24) is 15.0 Å². The molecule has 1 atom stereocenters. The molecule has 1 saturated heterocycles. The molecule has 150 valence electrons. The van der Waals surface area contributed by atoms with Crippen molar-refractivity contribution in [2.75, 3.05) is 13.1 Å². The summed E-state index contributed by atoms with van der Waals surface area (Å²) >= 11 is 0. The van der Waals surface area contributed by atoms with Gasteiger partial charge in [0.2, 0.25) is 11.8 Å². The van der Waals surface area contributed by atoms with Crippen LogP contribution in [0.15, 0.2) is 34.9 Å². The molecular formula is C21H26FN3O3. The van der Waals surface area contributed by atoms with Gasteiger partial charge in [-0.2, -0.15) is 0 Å². The van der Waals surface area contributed by atoms with Crippen molar-refractivity contribution in [1.29, 1.82) is 0 Å². The van der Waals surface area contributed by atoms with Crippen LogP contribution >= 0.6 is 0 Å². The first kappa shape index (κ1) is 20.0. The number of amides is 2. The fraction of sp³-hybridized carbons (Fsp3) is 0.476. The second-order valence-corrected chi connectivity index (χ2v) is 7.66. The third kappa shape index (κ3) is 4.77. The smallest absolute Gasteiger partial charge is 0.230 e. The van der Waals surface area contributed by atoms with Crippen molar-refractivity contribution in [3.05, 3.63) is 53.2 Å². The van der Waals surface area contributed by atoms with Gasteiger partial charge in [-0.25, -0.2) is 4.39 Å². The molecule has 0 N–H and O–H groups in total. The summed E-state index contributed by atoms with van der Waals surface area (Å²) in [5.41, 5.74) is 1.61. The standard InChI is InChI=1S/C21H26FN3O3/c1-14(2)19-13-24(21(27)11-18-10-15(3)23-28-18)9-8-20(26)25(19)12-16-4-6-17(22)7-5-16/h4-7,10,14,19H,8-9,11-13H2,1-3H3. The first-order chi connectivity index (χ1) is 13.3. The highest BCUT2D eigenvalue weighted by atomic mass is 19.1. The number of rotatable bonds is 5. The van der Waals surface area contributed by atoms with E-state index in [9.17, 15) is 14.0 Å². The first-order valence-corrected chi connectivity index (χ1v) is 9.57. The maximum Gasteiger partial charge on any atom is 0.230 e. The third-order valence-corrected chi connectivity index (χ3v) is 5.11. The minimum atomic E-state index is -0.300. The predicted octanol–water partition coefficient (Wildman–Crippen LogP) is 2.95. The summed E-state index contributed by atoms with van der Waals surface area (Å²) in [4.78, 5) is 29.2. The second-order valence-electron chi connectivity index (χ2n) is 7.66. The summed E-state index contributed by atoms with van der Waals surface area (Å²) in [7, 11) is 0. The Balaban J connectivity index is 1.75. The Bertz CT molecular complexity index is 832. The number of halogens is 1. The number of nitrogens with zero attached hydrogens (tertiary/aromatic N) is 3. The Labute approximate surface area is 164 Å². The molecule has 0 aliphatic carbocycles. The number of aryl methyl sites for hydroxylation is 1. The molecular weight excluding hydrogens is 361 g/mol. The van der Waals surface area contributed by atoms with E-state index < -0.39 is 0 Å². The molecule has 0 radical (unpaired) electrons. The lowest BCUT2D eigenvalue weighted by Crippen LogP contribution is -2.47. The topological polar surface area (TPSA) is 66.7 Å². The highest BCUT2D eigenvalue weighted by Crippen LogP contribution is 2.22. The van der Waals surface area contributed by atoms with Crippen LogP contribution in [0.5, 0.6) is 0 Å². The third-order valence-electron chi connectivity index (χ3n) is 5.11. The predicted molar refractivity (Wildman–Crippen MR) is 102 cm³/mol. The Morgan fingerprint density at radius 1 is 1.32 bits per heavy atom. The number of benzene rings is 1. The van der Waals surface area contributed by atoms with Crippen LogP contribution in [0.4, 0.5) is 4.39 Å². The van der Waals surface area contributed by atoms with Gasteiger partial charge in [-0.05, 0) is 30.5 Å². The monoisotopic (exact) mass is 387 g/mol.